The van der Waals surface area contributed by atoms with E-state index >= 15 is 0 Å². The van der Waals surface area contributed by atoms with Crippen LogP contribution < -0.4 is 5.32 Å². The second-order valence-electron chi connectivity index (χ2n) is 5.51. The molecule has 0 spiro atoms. The van der Waals surface area contributed by atoms with Crippen molar-refractivity contribution in [2.45, 2.75) is 44.8 Å². The third kappa shape index (κ3) is 3.54. The second kappa shape index (κ2) is 6.03. The first kappa shape index (κ1) is 15.8. The summed E-state index contributed by atoms with van der Waals surface area (Å²) in [5, 5.41) is 2.66. The quantitative estimate of drug-likeness (QED) is 0.817. The number of hydrogen-bond donors (Lipinski definition) is 1. The van der Waals surface area contributed by atoms with Gasteiger partial charge in [0.2, 0.25) is 0 Å². The van der Waals surface area contributed by atoms with Crippen LogP contribution >= 0.6 is 0 Å². The van der Waals surface area contributed by atoms with Crippen LogP contribution in [0.4, 0.5) is 17.6 Å². The summed E-state index contributed by atoms with van der Waals surface area (Å²) in [5.41, 5.74) is -1.96. The fourth-order valence-corrected chi connectivity index (χ4v) is 2.70. The minimum absolute atomic E-state index is 0.111. The summed E-state index contributed by atoms with van der Waals surface area (Å²) in [6, 6.07) is 2.65. The monoisotopic (exact) mass is 303 g/mol. The van der Waals surface area contributed by atoms with Gasteiger partial charge < -0.3 is 5.32 Å². The second-order valence-corrected chi connectivity index (χ2v) is 5.51. The number of carbonyl (C=O) groups excluding carboxylic acids is 1. The Hall–Kier alpha value is -1.59. The maximum Gasteiger partial charge on any atom is 0.419 e. The predicted molar refractivity (Wildman–Crippen MR) is 70.3 cm³/mol. The molecule has 1 aliphatic carbocycles. The fourth-order valence-electron chi connectivity index (χ4n) is 2.70. The van der Waals surface area contributed by atoms with E-state index in [0.29, 0.717) is 6.07 Å². The lowest BCUT2D eigenvalue weighted by molar-refractivity contribution is -0.140. The number of hydrogen-bond acceptors (Lipinski definition) is 1. The molecule has 0 aromatic heterocycles. The smallest absolute Gasteiger partial charge is 0.349 e. The highest BCUT2D eigenvalue weighted by Gasteiger charge is 2.36. The Morgan fingerprint density at radius 2 is 1.90 bits per heavy atom. The molecule has 2 rings (SSSR count). The van der Waals surface area contributed by atoms with Gasteiger partial charge in [-0.3, -0.25) is 4.79 Å². The van der Waals surface area contributed by atoms with E-state index in [9.17, 15) is 22.4 Å². The van der Waals surface area contributed by atoms with E-state index < -0.39 is 29.0 Å². The van der Waals surface area contributed by atoms with Gasteiger partial charge in [-0.05, 0) is 30.9 Å². The first-order valence-corrected chi connectivity index (χ1v) is 6.97. The fraction of sp³-hybridized carbons (Fsp3) is 0.533. The van der Waals surface area contributed by atoms with Crippen LogP contribution in [0, 0.1) is 11.7 Å². The van der Waals surface area contributed by atoms with Gasteiger partial charge in [-0.25, -0.2) is 4.39 Å². The van der Waals surface area contributed by atoms with E-state index in [1.54, 1.807) is 0 Å². The van der Waals surface area contributed by atoms with Crippen LogP contribution in [0.5, 0.6) is 0 Å². The summed E-state index contributed by atoms with van der Waals surface area (Å²) in [4.78, 5) is 12.0. The molecule has 6 heteroatoms. The van der Waals surface area contributed by atoms with E-state index in [4.69, 9.17) is 0 Å². The first-order valence-electron chi connectivity index (χ1n) is 6.97. The van der Waals surface area contributed by atoms with E-state index in [2.05, 4.69) is 5.32 Å². The summed E-state index contributed by atoms with van der Waals surface area (Å²) in [7, 11) is 0. The average molecular weight is 303 g/mol. The van der Waals surface area contributed by atoms with Crippen molar-refractivity contribution in [3.8, 4) is 0 Å². The Balaban J connectivity index is 2.20. The Labute approximate surface area is 120 Å². The van der Waals surface area contributed by atoms with Gasteiger partial charge >= 0.3 is 6.18 Å². The number of alkyl halides is 3. The molecule has 0 aliphatic heterocycles. The van der Waals surface area contributed by atoms with Crippen molar-refractivity contribution >= 4 is 5.91 Å². The number of amides is 1. The Morgan fingerprint density at radius 1 is 1.24 bits per heavy atom. The van der Waals surface area contributed by atoms with Gasteiger partial charge in [0.15, 0.2) is 0 Å². The molecular formula is C15H17F4NO. The van der Waals surface area contributed by atoms with Crippen molar-refractivity contribution in [2.24, 2.45) is 5.92 Å². The molecule has 1 aliphatic rings. The van der Waals surface area contributed by atoms with Crippen molar-refractivity contribution in [3.63, 3.8) is 0 Å². The molecule has 116 valence electrons. The van der Waals surface area contributed by atoms with Crippen LogP contribution in [-0.4, -0.2) is 11.9 Å². The summed E-state index contributed by atoms with van der Waals surface area (Å²) >= 11 is 0. The molecule has 1 fully saturated rings. The number of nitrogens with one attached hydrogen (secondary N) is 1. The lowest BCUT2D eigenvalue weighted by atomic mass is 9.86. The van der Waals surface area contributed by atoms with Crippen molar-refractivity contribution in [1.29, 1.82) is 0 Å². The predicted octanol–water partition coefficient (Wildman–Crippen LogP) is 4.15. The molecule has 1 aromatic carbocycles. The molecule has 21 heavy (non-hydrogen) atoms. The normalized spacial score (nSPS) is 22.9. The molecule has 2 nitrogen and oxygen atoms in total. The first-order chi connectivity index (χ1) is 9.80. The van der Waals surface area contributed by atoms with Crippen LogP contribution in [0.25, 0.3) is 0 Å². The number of rotatable bonds is 2. The van der Waals surface area contributed by atoms with Crippen LogP contribution in [0.1, 0.15) is 48.5 Å². The van der Waals surface area contributed by atoms with Crippen LogP contribution in [0.15, 0.2) is 18.2 Å². The van der Waals surface area contributed by atoms with Gasteiger partial charge in [-0.1, -0.05) is 25.8 Å². The van der Waals surface area contributed by atoms with Crippen molar-refractivity contribution in [1.82, 2.24) is 5.32 Å². The minimum atomic E-state index is -4.81. The third-order valence-electron chi connectivity index (χ3n) is 3.98. The topological polar surface area (TPSA) is 29.1 Å². The zero-order chi connectivity index (χ0) is 15.6. The largest absolute Gasteiger partial charge is 0.419 e. The molecule has 0 bridgehead atoms. The summed E-state index contributed by atoms with van der Waals surface area (Å²) in [6.07, 6.45) is -1.05. The zero-order valence-corrected chi connectivity index (χ0v) is 11.6. The standard InChI is InChI=1S/C15H17F4NO/c1-9-5-2-3-8-12(9)20-14(21)10-6-4-7-11(13(10)16)15(17,18)19/h4,6-7,9,12H,2-3,5,8H2,1H3,(H,20,21). The molecule has 1 N–H and O–H groups in total. The zero-order valence-electron chi connectivity index (χ0n) is 11.6. The van der Waals surface area contributed by atoms with E-state index in [-0.39, 0.29) is 12.0 Å². The van der Waals surface area contributed by atoms with Crippen LogP contribution in [-0.2, 0) is 6.18 Å². The highest BCUT2D eigenvalue weighted by molar-refractivity contribution is 5.94. The highest BCUT2D eigenvalue weighted by atomic mass is 19.4. The molecule has 2 unspecified atom stereocenters. The number of benzene rings is 1. The SMILES string of the molecule is CC1CCCCC1NC(=O)c1cccc(C(F)(F)F)c1F. The summed E-state index contributed by atoms with van der Waals surface area (Å²) in [6.45, 7) is 1.98. The van der Waals surface area contributed by atoms with Gasteiger partial charge in [0, 0.05) is 6.04 Å². The van der Waals surface area contributed by atoms with E-state index in [0.717, 1.165) is 37.8 Å². The number of carbonyl (C=O) groups is 1. The third-order valence-corrected chi connectivity index (χ3v) is 3.98. The van der Waals surface area contributed by atoms with Crippen LogP contribution in [0.3, 0.4) is 0 Å². The molecular weight excluding hydrogens is 286 g/mol. The molecule has 1 amide bonds. The molecule has 2 atom stereocenters. The van der Waals surface area contributed by atoms with E-state index in [1.165, 1.54) is 0 Å². The van der Waals surface area contributed by atoms with Crippen molar-refractivity contribution in [3.05, 3.63) is 35.1 Å². The average Bonchev–Trinajstić information content (AvgIpc) is 2.40. The summed E-state index contributed by atoms with van der Waals surface area (Å²) < 4.78 is 51.8. The van der Waals surface area contributed by atoms with Crippen LogP contribution in [0.2, 0.25) is 0 Å². The maximum absolute atomic E-state index is 13.9. The van der Waals surface area contributed by atoms with Crippen molar-refractivity contribution in [2.75, 3.05) is 0 Å². The highest BCUT2D eigenvalue weighted by Crippen LogP contribution is 2.32. The molecule has 0 saturated heterocycles. The van der Waals surface area contributed by atoms with E-state index in [1.807, 2.05) is 6.92 Å². The maximum atomic E-state index is 13.9. The Kier molecular flexibility index (Phi) is 4.54. The van der Waals surface area contributed by atoms with Crippen molar-refractivity contribution < 1.29 is 22.4 Å². The summed E-state index contributed by atoms with van der Waals surface area (Å²) in [5.74, 6) is -2.04. The van der Waals surface area contributed by atoms with Gasteiger partial charge in [0.25, 0.3) is 5.91 Å². The Morgan fingerprint density at radius 3 is 2.52 bits per heavy atom. The van der Waals surface area contributed by atoms with Gasteiger partial charge in [-0.2, -0.15) is 13.2 Å². The van der Waals surface area contributed by atoms with Gasteiger partial charge in [0.1, 0.15) is 5.82 Å². The lowest BCUT2D eigenvalue weighted by Crippen LogP contribution is -2.41. The molecule has 1 saturated carbocycles. The van der Waals surface area contributed by atoms with Gasteiger partial charge in [0.05, 0.1) is 11.1 Å². The Bertz CT molecular complexity index is 527. The van der Waals surface area contributed by atoms with Gasteiger partial charge in [-0.15, -0.1) is 0 Å². The molecule has 1 aromatic rings. The molecule has 0 heterocycles. The number of halogens is 4. The minimum Gasteiger partial charge on any atom is -0.349 e. The lowest BCUT2D eigenvalue weighted by Gasteiger charge is -2.29. The molecule has 0 radical (unpaired) electrons.